The van der Waals surface area contributed by atoms with E-state index < -0.39 is 6.11 Å². The number of hydrogen-bond acceptors (Lipinski definition) is 4. The quantitative estimate of drug-likeness (QED) is 0.373. The van der Waals surface area contributed by atoms with Crippen LogP contribution >= 0.6 is 0 Å². The maximum atomic E-state index is 12.3. The molecule has 30 heavy (non-hydrogen) atoms. The van der Waals surface area contributed by atoms with E-state index in [0.29, 0.717) is 12.7 Å². The highest BCUT2D eigenvalue weighted by Crippen LogP contribution is 2.31. The molecule has 6 heteroatoms. The summed E-state index contributed by atoms with van der Waals surface area (Å²) in [5.74, 6) is 0.879. The molecule has 4 rings (SSSR count). The molecule has 0 amide bonds. The Morgan fingerprint density at radius 1 is 0.933 bits per heavy atom. The Labute approximate surface area is 173 Å². The van der Waals surface area contributed by atoms with Gasteiger partial charge >= 0.3 is 6.11 Å². The van der Waals surface area contributed by atoms with Gasteiger partial charge in [0.1, 0.15) is 29.3 Å². The van der Waals surface area contributed by atoms with Gasteiger partial charge in [-0.3, -0.25) is 4.79 Å². The van der Waals surface area contributed by atoms with Crippen molar-refractivity contribution in [1.29, 1.82) is 0 Å². The monoisotopic (exact) mass is 412 g/mol. The minimum atomic E-state index is -3.10. The van der Waals surface area contributed by atoms with Gasteiger partial charge in [0.25, 0.3) is 0 Å². The van der Waals surface area contributed by atoms with E-state index in [1.807, 2.05) is 49.4 Å². The van der Waals surface area contributed by atoms with E-state index in [1.54, 1.807) is 12.1 Å². The molecule has 0 fully saturated rings. The molecule has 0 radical (unpaired) electrons. The van der Waals surface area contributed by atoms with Gasteiger partial charge in [0.2, 0.25) is 0 Å². The number of rotatable bonds is 5. The van der Waals surface area contributed by atoms with Crippen molar-refractivity contribution in [2.24, 2.45) is 0 Å². The molecule has 3 aromatic carbocycles. The van der Waals surface area contributed by atoms with Crippen molar-refractivity contribution in [3.63, 3.8) is 0 Å². The van der Waals surface area contributed by atoms with Crippen LogP contribution in [0.2, 0.25) is 0 Å². The maximum absolute atomic E-state index is 12.3. The predicted molar refractivity (Wildman–Crippen MR) is 112 cm³/mol. The largest absolute Gasteiger partial charge is 0.486 e. The topological polar surface area (TPSA) is 48.7 Å². The molecule has 0 unspecified atom stereocenters. The van der Waals surface area contributed by atoms with Gasteiger partial charge in [0, 0.05) is 17.7 Å². The van der Waals surface area contributed by atoms with Crippen molar-refractivity contribution < 1.29 is 27.5 Å². The summed E-state index contributed by atoms with van der Waals surface area (Å²) in [5.41, 5.74) is 2.70. The number of furan rings is 1. The predicted octanol–water partition coefficient (Wildman–Crippen LogP) is 6.54. The third-order valence-electron chi connectivity index (χ3n) is 4.11. The summed E-state index contributed by atoms with van der Waals surface area (Å²) in [7, 11) is 0. The zero-order valence-electron chi connectivity index (χ0n) is 16.9. The number of aryl methyl sites for hydroxylation is 1. The number of benzene rings is 3. The molecular formula is C24H22F2O4. The molecule has 4 nitrogen and oxygen atoms in total. The van der Waals surface area contributed by atoms with Crippen LogP contribution in [0.15, 0.2) is 71.1 Å². The second-order valence-corrected chi connectivity index (χ2v) is 6.97. The van der Waals surface area contributed by atoms with Gasteiger partial charge in [-0.1, -0.05) is 35.9 Å². The van der Waals surface area contributed by atoms with Crippen LogP contribution in [0.3, 0.4) is 0 Å². The molecule has 0 bridgehead atoms. The van der Waals surface area contributed by atoms with E-state index in [1.165, 1.54) is 19.1 Å². The van der Waals surface area contributed by atoms with E-state index in [9.17, 15) is 13.6 Å². The molecule has 0 spiro atoms. The Balaban J connectivity index is 0.000000187. The Bertz CT molecular complexity index is 1140. The smallest absolute Gasteiger partial charge is 0.394 e. The Kier molecular flexibility index (Phi) is 6.35. The van der Waals surface area contributed by atoms with Crippen LogP contribution < -0.4 is 9.47 Å². The van der Waals surface area contributed by atoms with Crippen LogP contribution in [0.5, 0.6) is 11.5 Å². The first-order valence-corrected chi connectivity index (χ1v) is 9.38. The number of para-hydroxylation sites is 1. The highest BCUT2D eigenvalue weighted by Gasteiger charge is 2.22. The molecular weight excluding hydrogens is 390 g/mol. The third-order valence-corrected chi connectivity index (χ3v) is 4.11. The normalized spacial score (nSPS) is 11.1. The molecule has 0 saturated carbocycles. The Hall–Kier alpha value is -3.41. The summed E-state index contributed by atoms with van der Waals surface area (Å²) in [6.45, 7) is 4.20. The van der Waals surface area contributed by atoms with Crippen LogP contribution in [0.4, 0.5) is 8.78 Å². The molecule has 1 heterocycles. The van der Waals surface area contributed by atoms with Gasteiger partial charge in [-0.2, -0.15) is 8.78 Å². The average molecular weight is 412 g/mol. The number of carbonyl (C=O) groups is 1. The molecule has 0 saturated heterocycles. The number of ketones is 1. The zero-order valence-corrected chi connectivity index (χ0v) is 16.9. The zero-order chi connectivity index (χ0) is 21.7. The van der Waals surface area contributed by atoms with Crippen LogP contribution in [-0.2, 0) is 4.79 Å². The summed E-state index contributed by atoms with van der Waals surface area (Å²) in [5, 5.41) is 2.06. The van der Waals surface area contributed by atoms with Gasteiger partial charge in [-0.05, 0) is 50.2 Å². The van der Waals surface area contributed by atoms with Crippen LogP contribution in [0, 0.1) is 6.92 Å². The van der Waals surface area contributed by atoms with E-state index in [0.717, 1.165) is 27.5 Å². The van der Waals surface area contributed by atoms with Gasteiger partial charge in [0.05, 0.1) is 0 Å². The number of Topliss-reactive ketones (excluding diaryl/α,β-unsaturated/α-hetero) is 1. The highest BCUT2D eigenvalue weighted by atomic mass is 19.3. The number of ether oxygens (including phenoxy) is 2. The van der Waals surface area contributed by atoms with Crippen LogP contribution in [0.25, 0.3) is 21.9 Å². The minimum Gasteiger partial charge on any atom is -0.486 e. The first-order valence-electron chi connectivity index (χ1n) is 9.38. The first-order chi connectivity index (χ1) is 14.2. The molecule has 0 aliphatic heterocycles. The second-order valence-electron chi connectivity index (χ2n) is 6.97. The van der Waals surface area contributed by atoms with Crippen molar-refractivity contribution in [2.45, 2.75) is 26.9 Å². The number of carbonyl (C=O) groups excluding carboxylic acids is 1. The number of fused-ring (bicyclic) bond motifs is 3. The molecule has 0 aliphatic carbocycles. The van der Waals surface area contributed by atoms with E-state index in [2.05, 4.69) is 4.74 Å². The van der Waals surface area contributed by atoms with Crippen molar-refractivity contribution in [3.05, 3.63) is 72.3 Å². The van der Waals surface area contributed by atoms with Gasteiger partial charge in [-0.15, -0.1) is 0 Å². The molecule has 0 N–H and O–H groups in total. The van der Waals surface area contributed by atoms with Gasteiger partial charge in [0.15, 0.2) is 5.78 Å². The lowest BCUT2D eigenvalue weighted by atomic mass is 10.1. The van der Waals surface area contributed by atoms with Crippen molar-refractivity contribution in [1.82, 2.24) is 0 Å². The van der Waals surface area contributed by atoms with E-state index in [-0.39, 0.29) is 18.1 Å². The summed E-state index contributed by atoms with van der Waals surface area (Å²) < 4.78 is 40.0. The van der Waals surface area contributed by atoms with Crippen LogP contribution in [0.1, 0.15) is 19.4 Å². The van der Waals surface area contributed by atoms with Crippen molar-refractivity contribution >= 4 is 27.7 Å². The second kappa shape index (κ2) is 8.95. The molecule has 1 aromatic heterocycles. The Morgan fingerprint density at radius 2 is 1.57 bits per heavy atom. The first kappa shape index (κ1) is 21.3. The summed E-state index contributed by atoms with van der Waals surface area (Å²) in [6, 6.07) is 19.9. The minimum absolute atomic E-state index is 0.00662. The molecule has 0 aliphatic rings. The SMILES string of the molecule is CC(=O)COc1ccc2oc3ccccc3c2c1.Cc1ccc(OC(C)(F)F)cc1. The fraction of sp³-hybridized carbons (Fsp3) is 0.208. The lowest BCUT2D eigenvalue weighted by Crippen LogP contribution is -2.18. The molecule has 4 aromatic rings. The van der Waals surface area contributed by atoms with Gasteiger partial charge < -0.3 is 13.9 Å². The number of alkyl halides is 2. The summed E-state index contributed by atoms with van der Waals surface area (Å²) in [6.07, 6.45) is -3.10. The lowest BCUT2D eigenvalue weighted by molar-refractivity contribution is -0.158. The third kappa shape index (κ3) is 5.80. The standard InChI is InChI=1S/C15H12O3.C9H10F2O/c1-10(16)9-17-11-6-7-15-13(8-11)12-4-2-3-5-14(12)18-15;1-7-3-5-8(6-4-7)12-9(2,10)11/h2-8H,9H2,1H3;3-6H,1-2H3. The fourth-order valence-corrected chi connectivity index (χ4v) is 2.79. The van der Waals surface area contributed by atoms with Crippen molar-refractivity contribution in [3.8, 4) is 11.5 Å². The van der Waals surface area contributed by atoms with E-state index in [4.69, 9.17) is 9.15 Å². The highest BCUT2D eigenvalue weighted by molar-refractivity contribution is 6.05. The number of halogens is 2. The Morgan fingerprint density at radius 3 is 2.23 bits per heavy atom. The average Bonchev–Trinajstić information content (AvgIpc) is 3.06. The lowest BCUT2D eigenvalue weighted by Gasteiger charge is -2.12. The van der Waals surface area contributed by atoms with E-state index >= 15 is 0 Å². The van der Waals surface area contributed by atoms with Gasteiger partial charge in [-0.25, -0.2) is 0 Å². The summed E-state index contributed by atoms with van der Waals surface area (Å²) >= 11 is 0. The summed E-state index contributed by atoms with van der Waals surface area (Å²) in [4.78, 5) is 10.9. The van der Waals surface area contributed by atoms with Crippen LogP contribution in [-0.4, -0.2) is 18.5 Å². The molecule has 156 valence electrons. The fourth-order valence-electron chi connectivity index (χ4n) is 2.79. The molecule has 0 atom stereocenters. The number of hydrogen-bond donors (Lipinski definition) is 0. The maximum Gasteiger partial charge on any atom is 0.394 e. The van der Waals surface area contributed by atoms with Crippen molar-refractivity contribution in [2.75, 3.05) is 6.61 Å².